The van der Waals surface area contributed by atoms with Crippen LogP contribution in [0.1, 0.15) is 17.0 Å². The largest absolute Gasteiger partial charge is 0.454 e. The van der Waals surface area contributed by atoms with Gasteiger partial charge in [-0.1, -0.05) is 11.3 Å². The smallest absolute Gasteiger partial charge is 0.433 e. The summed E-state index contributed by atoms with van der Waals surface area (Å²) in [6.07, 6.45) is 0.695. The summed E-state index contributed by atoms with van der Waals surface area (Å²) in [5.41, 5.74) is 0.685. The van der Waals surface area contributed by atoms with Crippen LogP contribution < -0.4 is 14.4 Å². The fraction of sp³-hybridized carbons (Fsp3) is 0.333. The van der Waals surface area contributed by atoms with E-state index in [2.05, 4.69) is 4.98 Å². The number of aromatic nitrogens is 1. The molecule has 1 amide bonds. The maximum absolute atomic E-state index is 13.0. The van der Waals surface area contributed by atoms with E-state index >= 15 is 0 Å². The second kappa shape index (κ2) is 8.86. The minimum Gasteiger partial charge on any atom is -0.454 e. The van der Waals surface area contributed by atoms with Gasteiger partial charge in [0.25, 0.3) is 5.91 Å². The number of carbonyl (C=O) groups is 1. The molecule has 0 N–H and O–H groups in total. The summed E-state index contributed by atoms with van der Waals surface area (Å²) in [4.78, 5) is 31.3. The summed E-state index contributed by atoms with van der Waals surface area (Å²) >= 11 is 1.34. The molecule has 1 aliphatic rings. The number of nitro groups is 1. The standard InChI is InChI=1S/C18H18N4O6S.ClH/c1-20(2)6-3-7-21(17(23)12-4-5-16(28-12)22(24)25)18-19-11-8-13-14(27-10-26-13)9-15(11)29-18;/h4-5,8-9H,3,6-7,10H2,1-2H3;1H. The van der Waals surface area contributed by atoms with Crippen molar-refractivity contribution in [2.24, 2.45) is 0 Å². The Kier molecular flexibility index (Phi) is 6.44. The number of anilines is 1. The van der Waals surface area contributed by atoms with E-state index in [9.17, 15) is 14.9 Å². The molecule has 0 bridgehead atoms. The van der Waals surface area contributed by atoms with Crippen LogP contribution in [0, 0.1) is 10.1 Å². The summed E-state index contributed by atoms with van der Waals surface area (Å²) in [5.74, 6) is 0.198. The number of rotatable bonds is 7. The molecule has 4 rings (SSSR count). The molecule has 1 aromatic carbocycles. The molecule has 0 atom stereocenters. The Hall–Kier alpha value is -2.89. The van der Waals surface area contributed by atoms with Gasteiger partial charge in [0, 0.05) is 18.7 Å². The first-order valence-corrected chi connectivity index (χ1v) is 9.65. The van der Waals surface area contributed by atoms with Gasteiger partial charge in [0.05, 0.1) is 16.3 Å². The molecule has 3 heterocycles. The Balaban J connectivity index is 0.00000256. The lowest BCUT2D eigenvalue weighted by molar-refractivity contribution is -0.402. The van der Waals surface area contributed by atoms with Gasteiger partial charge in [0.15, 0.2) is 22.4 Å². The zero-order valence-corrected chi connectivity index (χ0v) is 17.8. The van der Waals surface area contributed by atoms with Crippen molar-refractivity contribution >= 4 is 50.9 Å². The van der Waals surface area contributed by atoms with Crippen molar-refractivity contribution in [1.29, 1.82) is 0 Å². The van der Waals surface area contributed by atoms with E-state index in [1.165, 1.54) is 28.4 Å². The third kappa shape index (κ3) is 4.32. The number of hydrogen-bond donors (Lipinski definition) is 0. The van der Waals surface area contributed by atoms with E-state index in [-0.39, 0.29) is 25.0 Å². The Morgan fingerprint density at radius 1 is 1.23 bits per heavy atom. The van der Waals surface area contributed by atoms with E-state index in [0.29, 0.717) is 35.1 Å². The van der Waals surface area contributed by atoms with Gasteiger partial charge in [-0.25, -0.2) is 4.98 Å². The number of amides is 1. The van der Waals surface area contributed by atoms with Gasteiger partial charge in [0.2, 0.25) is 6.79 Å². The Morgan fingerprint density at radius 3 is 2.63 bits per heavy atom. The number of fused-ring (bicyclic) bond motifs is 2. The fourth-order valence-corrected chi connectivity index (χ4v) is 3.92. The molecule has 0 unspecified atom stereocenters. The molecule has 3 aromatic rings. The molecule has 0 saturated heterocycles. The quantitative estimate of drug-likeness (QED) is 0.393. The number of ether oxygens (including phenoxy) is 2. The minimum absolute atomic E-state index is 0. The van der Waals surface area contributed by atoms with Crippen LogP contribution in [0.4, 0.5) is 11.0 Å². The highest BCUT2D eigenvalue weighted by Gasteiger charge is 2.26. The van der Waals surface area contributed by atoms with Crippen molar-refractivity contribution in [2.75, 3.05) is 38.9 Å². The van der Waals surface area contributed by atoms with Crippen LogP contribution in [0.15, 0.2) is 28.7 Å². The molecule has 1 aliphatic heterocycles. The van der Waals surface area contributed by atoms with Gasteiger partial charge in [-0.05, 0) is 33.1 Å². The van der Waals surface area contributed by atoms with Crippen LogP contribution in [0.25, 0.3) is 10.2 Å². The monoisotopic (exact) mass is 454 g/mol. The molecule has 0 spiro atoms. The number of thiazole rings is 1. The maximum atomic E-state index is 13.0. The summed E-state index contributed by atoms with van der Waals surface area (Å²) in [6.45, 7) is 1.33. The topological polar surface area (TPSA) is 111 Å². The first-order valence-electron chi connectivity index (χ1n) is 8.83. The van der Waals surface area contributed by atoms with Crippen molar-refractivity contribution < 1.29 is 23.6 Å². The highest BCUT2D eigenvalue weighted by atomic mass is 35.5. The highest BCUT2D eigenvalue weighted by molar-refractivity contribution is 7.22. The molecule has 0 fully saturated rings. The van der Waals surface area contributed by atoms with Gasteiger partial charge in [-0.3, -0.25) is 19.8 Å². The average Bonchev–Trinajstić information content (AvgIpc) is 3.40. The van der Waals surface area contributed by atoms with Crippen molar-refractivity contribution in [3.05, 3.63) is 40.1 Å². The van der Waals surface area contributed by atoms with E-state index < -0.39 is 16.7 Å². The maximum Gasteiger partial charge on any atom is 0.433 e. The van der Waals surface area contributed by atoms with E-state index in [1.54, 1.807) is 6.07 Å². The summed E-state index contributed by atoms with van der Waals surface area (Å²) in [7, 11) is 3.89. The SMILES string of the molecule is CN(C)CCCN(C(=O)c1ccc([N+](=O)[O-])o1)c1nc2cc3c(cc2s1)OCO3.Cl. The molecule has 10 nitrogen and oxygen atoms in total. The molecular weight excluding hydrogens is 436 g/mol. The molecular formula is C18H19ClN4O6S. The molecule has 0 radical (unpaired) electrons. The second-order valence-corrected chi connectivity index (χ2v) is 7.69. The lowest BCUT2D eigenvalue weighted by Gasteiger charge is -2.19. The van der Waals surface area contributed by atoms with Crippen molar-refractivity contribution in [3.63, 3.8) is 0 Å². The van der Waals surface area contributed by atoms with Gasteiger partial charge in [-0.15, -0.1) is 12.4 Å². The van der Waals surface area contributed by atoms with Crippen LogP contribution in [0.5, 0.6) is 11.5 Å². The minimum atomic E-state index is -0.674. The van der Waals surface area contributed by atoms with Crippen LogP contribution in [0.3, 0.4) is 0 Å². The van der Waals surface area contributed by atoms with E-state index in [1.807, 2.05) is 25.1 Å². The predicted octanol–water partition coefficient (Wildman–Crippen LogP) is 3.55. The molecule has 12 heteroatoms. The molecule has 160 valence electrons. The van der Waals surface area contributed by atoms with Gasteiger partial charge in [-0.2, -0.15) is 0 Å². The molecule has 30 heavy (non-hydrogen) atoms. The number of furan rings is 1. The van der Waals surface area contributed by atoms with Crippen LogP contribution in [-0.2, 0) is 0 Å². The predicted molar refractivity (Wildman–Crippen MR) is 113 cm³/mol. The highest BCUT2D eigenvalue weighted by Crippen LogP contribution is 2.40. The first-order chi connectivity index (χ1) is 13.9. The lowest BCUT2D eigenvalue weighted by atomic mass is 10.3. The van der Waals surface area contributed by atoms with E-state index in [4.69, 9.17) is 13.9 Å². The first kappa shape index (κ1) is 21.8. The van der Waals surface area contributed by atoms with Crippen LogP contribution in [-0.4, -0.2) is 54.7 Å². The number of hydrogen-bond acceptors (Lipinski definition) is 9. The average molecular weight is 455 g/mol. The van der Waals surface area contributed by atoms with Crippen molar-refractivity contribution in [1.82, 2.24) is 9.88 Å². The summed E-state index contributed by atoms with van der Waals surface area (Å²) < 4.78 is 16.7. The van der Waals surface area contributed by atoms with Gasteiger partial charge < -0.3 is 18.8 Å². The van der Waals surface area contributed by atoms with Crippen molar-refractivity contribution in [3.8, 4) is 11.5 Å². The molecule has 2 aromatic heterocycles. The number of nitrogens with zero attached hydrogens (tertiary/aromatic N) is 4. The lowest BCUT2D eigenvalue weighted by Crippen LogP contribution is -2.33. The molecule has 0 saturated carbocycles. The zero-order chi connectivity index (χ0) is 20.5. The third-order valence-electron chi connectivity index (χ3n) is 4.32. The number of halogens is 1. The normalized spacial score (nSPS) is 12.2. The third-order valence-corrected chi connectivity index (χ3v) is 5.36. The van der Waals surface area contributed by atoms with Gasteiger partial charge >= 0.3 is 5.88 Å². The van der Waals surface area contributed by atoms with Crippen molar-refractivity contribution in [2.45, 2.75) is 6.42 Å². The Morgan fingerprint density at radius 2 is 1.97 bits per heavy atom. The van der Waals surface area contributed by atoms with E-state index in [0.717, 1.165) is 11.2 Å². The van der Waals surface area contributed by atoms with Crippen LogP contribution in [0.2, 0.25) is 0 Å². The zero-order valence-electron chi connectivity index (χ0n) is 16.2. The summed E-state index contributed by atoms with van der Waals surface area (Å²) in [5, 5.41) is 11.4. The fourth-order valence-electron chi connectivity index (χ4n) is 2.92. The molecule has 0 aliphatic carbocycles. The summed E-state index contributed by atoms with van der Waals surface area (Å²) in [6, 6.07) is 6.09. The van der Waals surface area contributed by atoms with Crippen LogP contribution >= 0.6 is 23.7 Å². The Bertz CT molecular complexity index is 1040. The Labute approximate surface area is 181 Å². The second-order valence-electron chi connectivity index (χ2n) is 6.68. The number of carbonyl (C=O) groups excluding carboxylic acids is 1. The van der Waals surface area contributed by atoms with Gasteiger partial charge in [0.1, 0.15) is 4.92 Å². The number of benzene rings is 1.